The normalized spacial score (nSPS) is 16.6. The third-order valence-electron chi connectivity index (χ3n) is 5.19. The molecule has 0 saturated carbocycles. The Morgan fingerprint density at radius 1 is 1.24 bits per heavy atom. The Kier molecular flexibility index (Phi) is 5.07. The minimum atomic E-state index is -0.394. The molecule has 1 fully saturated rings. The van der Waals surface area contributed by atoms with Gasteiger partial charge in [-0.1, -0.05) is 6.07 Å². The number of aryl methyl sites for hydroxylation is 1. The zero-order valence-corrected chi connectivity index (χ0v) is 16.0. The number of amides is 1. The van der Waals surface area contributed by atoms with Crippen LogP contribution in [-0.4, -0.2) is 33.9 Å². The highest BCUT2D eigenvalue weighted by Crippen LogP contribution is 2.34. The van der Waals surface area contributed by atoms with Crippen molar-refractivity contribution in [3.8, 4) is 0 Å². The predicted molar refractivity (Wildman–Crippen MR) is 111 cm³/mol. The van der Waals surface area contributed by atoms with Crippen LogP contribution < -0.4 is 10.2 Å². The van der Waals surface area contributed by atoms with E-state index in [2.05, 4.69) is 20.2 Å². The van der Waals surface area contributed by atoms with Gasteiger partial charge in [0.2, 0.25) is 5.91 Å². The minimum Gasteiger partial charge on any atom is -0.369 e. The molecule has 0 bridgehead atoms. The molecule has 1 aliphatic rings. The highest BCUT2D eigenvalue weighted by molar-refractivity contribution is 5.97. The van der Waals surface area contributed by atoms with Gasteiger partial charge in [0.25, 0.3) is 5.69 Å². The number of nitrogens with zero attached hydrogens (tertiary/aromatic N) is 4. The van der Waals surface area contributed by atoms with Crippen molar-refractivity contribution >= 4 is 34.0 Å². The van der Waals surface area contributed by atoms with E-state index in [9.17, 15) is 14.9 Å². The standard InChI is InChI=1S/C21H21N5O3/c1-14-5-2-8-19(23-14)24-21(27)15-6-4-12-25(13-15)18-10-9-17(26(28)29)16-7-3-11-22-20(16)18/h2-3,5,7-11,15H,4,6,12-13H2,1H3,(H,23,24,27). The monoisotopic (exact) mass is 391 g/mol. The van der Waals surface area contributed by atoms with Gasteiger partial charge in [0.15, 0.2) is 0 Å². The number of carbonyl (C=O) groups excluding carboxylic acids is 1. The van der Waals surface area contributed by atoms with Gasteiger partial charge in [-0.2, -0.15) is 0 Å². The minimum absolute atomic E-state index is 0.0358. The van der Waals surface area contributed by atoms with Crippen LogP contribution in [0.1, 0.15) is 18.5 Å². The maximum Gasteiger partial charge on any atom is 0.278 e. The summed E-state index contributed by atoms with van der Waals surface area (Å²) in [5.74, 6) is 0.293. The number of piperidine rings is 1. The van der Waals surface area contributed by atoms with Crippen LogP contribution in [0.2, 0.25) is 0 Å². The van der Waals surface area contributed by atoms with Crippen LogP contribution >= 0.6 is 0 Å². The average molecular weight is 391 g/mol. The van der Waals surface area contributed by atoms with Crippen molar-refractivity contribution < 1.29 is 9.72 Å². The van der Waals surface area contributed by atoms with Crippen LogP contribution in [0.25, 0.3) is 10.9 Å². The number of fused-ring (bicyclic) bond motifs is 1. The summed E-state index contributed by atoms with van der Waals surface area (Å²) in [6.45, 7) is 3.18. The Hall–Kier alpha value is -3.55. The van der Waals surface area contributed by atoms with Crippen molar-refractivity contribution in [1.82, 2.24) is 9.97 Å². The fourth-order valence-electron chi connectivity index (χ4n) is 3.81. The van der Waals surface area contributed by atoms with Crippen molar-refractivity contribution in [2.24, 2.45) is 5.92 Å². The topological polar surface area (TPSA) is 101 Å². The molecule has 4 rings (SSSR count). The Morgan fingerprint density at radius 3 is 2.90 bits per heavy atom. The molecule has 3 heterocycles. The van der Waals surface area contributed by atoms with Gasteiger partial charge in [0, 0.05) is 31.0 Å². The van der Waals surface area contributed by atoms with Crippen molar-refractivity contribution in [3.63, 3.8) is 0 Å². The number of rotatable bonds is 4. The molecule has 0 aliphatic carbocycles. The zero-order valence-electron chi connectivity index (χ0n) is 16.0. The van der Waals surface area contributed by atoms with E-state index < -0.39 is 4.92 Å². The molecule has 0 spiro atoms. The van der Waals surface area contributed by atoms with E-state index >= 15 is 0 Å². The van der Waals surface area contributed by atoms with E-state index in [0.717, 1.165) is 30.8 Å². The van der Waals surface area contributed by atoms with Crippen LogP contribution in [0, 0.1) is 23.0 Å². The van der Waals surface area contributed by atoms with Gasteiger partial charge >= 0.3 is 0 Å². The predicted octanol–water partition coefficient (Wildman–Crippen LogP) is 3.70. The van der Waals surface area contributed by atoms with Gasteiger partial charge in [-0.25, -0.2) is 4.98 Å². The Morgan fingerprint density at radius 2 is 2.10 bits per heavy atom. The highest BCUT2D eigenvalue weighted by atomic mass is 16.6. The van der Waals surface area contributed by atoms with Crippen molar-refractivity contribution in [2.45, 2.75) is 19.8 Å². The number of carbonyl (C=O) groups is 1. The summed E-state index contributed by atoms with van der Waals surface area (Å²) >= 11 is 0. The number of pyridine rings is 2. The number of non-ortho nitro benzene ring substituents is 1. The van der Waals surface area contributed by atoms with Crippen LogP contribution in [0.15, 0.2) is 48.7 Å². The summed E-state index contributed by atoms with van der Waals surface area (Å²) in [5.41, 5.74) is 2.28. The molecule has 1 aliphatic heterocycles. The first kappa shape index (κ1) is 18.8. The molecule has 1 saturated heterocycles. The first-order chi connectivity index (χ1) is 14.0. The molecule has 1 atom stereocenters. The molecule has 148 valence electrons. The van der Waals surface area contributed by atoms with Crippen LogP contribution in [-0.2, 0) is 4.79 Å². The summed E-state index contributed by atoms with van der Waals surface area (Å²) in [6.07, 6.45) is 3.27. The molecule has 29 heavy (non-hydrogen) atoms. The van der Waals surface area contributed by atoms with Gasteiger partial charge in [-0.15, -0.1) is 0 Å². The van der Waals surface area contributed by atoms with Gasteiger partial charge in [0.1, 0.15) is 11.3 Å². The molecular formula is C21H21N5O3. The number of benzene rings is 1. The lowest BCUT2D eigenvalue weighted by Crippen LogP contribution is -2.41. The lowest BCUT2D eigenvalue weighted by atomic mass is 9.96. The van der Waals surface area contributed by atoms with Crippen LogP contribution in [0.3, 0.4) is 0 Å². The average Bonchev–Trinajstić information content (AvgIpc) is 2.73. The molecule has 8 nitrogen and oxygen atoms in total. The fourth-order valence-corrected chi connectivity index (χ4v) is 3.81. The SMILES string of the molecule is Cc1cccc(NC(=O)C2CCCN(c3ccc([N+](=O)[O-])c4cccnc34)C2)n1. The third kappa shape index (κ3) is 3.87. The molecule has 8 heteroatoms. The molecule has 3 aromatic rings. The maximum atomic E-state index is 12.8. The van der Waals surface area contributed by atoms with E-state index in [1.165, 1.54) is 6.07 Å². The summed E-state index contributed by atoms with van der Waals surface area (Å²) < 4.78 is 0. The molecule has 1 amide bonds. The lowest BCUT2D eigenvalue weighted by Gasteiger charge is -2.34. The van der Waals surface area contributed by atoms with E-state index in [0.29, 0.717) is 23.3 Å². The Balaban J connectivity index is 1.58. The van der Waals surface area contributed by atoms with E-state index in [-0.39, 0.29) is 17.5 Å². The second-order valence-corrected chi connectivity index (χ2v) is 7.20. The number of anilines is 2. The summed E-state index contributed by atoms with van der Waals surface area (Å²) in [6, 6.07) is 12.2. The van der Waals surface area contributed by atoms with Crippen LogP contribution in [0.5, 0.6) is 0 Å². The smallest absolute Gasteiger partial charge is 0.278 e. The summed E-state index contributed by atoms with van der Waals surface area (Å²) in [4.78, 5) is 34.5. The quantitative estimate of drug-likeness (QED) is 0.537. The highest BCUT2D eigenvalue weighted by Gasteiger charge is 2.28. The number of nitrogens with one attached hydrogen (secondary N) is 1. The lowest BCUT2D eigenvalue weighted by molar-refractivity contribution is -0.383. The van der Waals surface area contributed by atoms with Gasteiger partial charge in [-0.05, 0) is 50.1 Å². The van der Waals surface area contributed by atoms with E-state index in [4.69, 9.17) is 0 Å². The van der Waals surface area contributed by atoms with Crippen molar-refractivity contribution in [2.75, 3.05) is 23.3 Å². The molecule has 2 aromatic heterocycles. The van der Waals surface area contributed by atoms with Gasteiger partial charge in [-0.3, -0.25) is 19.9 Å². The number of nitro benzene ring substituents is 1. The van der Waals surface area contributed by atoms with Crippen molar-refractivity contribution in [3.05, 3.63) is 64.5 Å². The first-order valence-electron chi connectivity index (χ1n) is 9.54. The van der Waals surface area contributed by atoms with E-state index in [1.54, 1.807) is 30.5 Å². The summed E-state index contributed by atoms with van der Waals surface area (Å²) in [7, 11) is 0. The van der Waals surface area contributed by atoms with Crippen molar-refractivity contribution in [1.29, 1.82) is 0 Å². The van der Waals surface area contributed by atoms with E-state index in [1.807, 2.05) is 19.1 Å². The molecule has 1 unspecified atom stereocenters. The van der Waals surface area contributed by atoms with Crippen LogP contribution in [0.4, 0.5) is 17.2 Å². The Bertz CT molecular complexity index is 1080. The number of aromatic nitrogens is 2. The maximum absolute atomic E-state index is 12.8. The third-order valence-corrected chi connectivity index (χ3v) is 5.19. The fraction of sp³-hybridized carbons (Fsp3) is 0.286. The number of nitro groups is 1. The number of hydrogen-bond acceptors (Lipinski definition) is 6. The number of hydrogen-bond donors (Lipinski definition) is 1. The molecule has 1 aromatic carbocycles. The largest absolute Gasteiger partial charge is 0.369 e. The molecular weight excluding hydrogens is 370 g/mol. The summed E-state index contributed by atoms with van der Waals surface area (Å²) in [5, 5.41) is 14.8. The molecule has 1 N–H and O–H groups in total. The second kappa shape index (κ2) is 7.83. The van der Waals surface area contributed by atoms with Gasteiger partial charge < -0.3 is 10.2 Å². The zero-order chi connectivity index (χ0) is 20.4. The Labute approximate surface area is 167 Å². The first-order valence-corrected chi connectivity index (χ1v) is 9.54. The van der Waals surface area contributed by atoms with Gasteiger partial charge in [0.05, 0.1) is 21.9 Å². The molecule has 0 radical (unpaired) electrons. The second-order valence-electron chi connectivity index (χ2n) is 7.20.